The van der Waals surface area contributed by atoms with Crippen LogP contribution >= 0.6 is 0 Å². The van der Waals surface area contributed by atoms with Crippen LogP contribution in [-0.2, 0) is 23.0 Å². The second-order valence-electron chi connectivity index (χ2n) is 4.76. The highest BCUT2D eigenvalue weighted by atomic mass is 16.5. The van der Waals surface area contributed by atoms with Gasteiger partial charge >= 0.3 is 0 Å². The summed E-state index contributed by atoms with van der Waals surface area (Å²) in [5.74, 6) is 0. The molecule has 0 bridgehead atoms. The highest BCUT2D eigenvalue weighted by Gasteiger charge is 2.37. The number of aryl methyl sites for hydroxylation is 2. The average Bonchev–Trinajstić information content (AvgIpc) is 2.94. The molecule has 94 valence electrons. The molecule has 2 rings (SSSR count). The zero-order valence-corrected chi connectivity index (χ0v) is 10.5. The first-order valence-electron chi connectivity index (χ1n) is 6.14. The Morgan fingerprint density at radius 2 is 2.53 bits per heavy atom. The number of ether oxygens (including phenoxy) is 1. The van der Waals surface area contributed by atoms with Crippen molar-refractivity contribution >= 4 is 6.29 Å². The lowest BCUT2D eigenvalue weighted by Gasteiger charge is -2.26. The van der Waals surface area contributed by atoms with Crippen molar-refractivity contribution in [3.05, 3.63) is 24.0 Å². The van der Waals surface area contributed by atoms with E-state index in [-0.39, 0.29) is 5.54 Å². The first-order valence-corrected chi connectivity index (χ1v) is 6.14. The van der Waals surface area contributed by atoms with Crippen LogP contribution in [0.2, 0.25) is 0 Å². The van der Waals surface area contributed by atoms with Crippen molar-refractivity contribution in [3.63, 3.8) is 0 Å². The Morgan fingerprint density at radius 3 is 3.06 bits per heavy atom. The summed E-state index contributed by atoms with van der Waals surface area (Å²) in [5.41, 5.74) is 1.27. The quantitative estimate of drug-likeness (QED) is 0.782. The Labute approximate surface area is 102 Å². The maximum Gasteiger partial charge on any atom is 0.165 e. The molecule has 0 amide bonds. The average molecular weight is 236 g/mol. The van der Waals surface area contributed by atoms with Gasteiger partial charge in [-0.2, -0.15) is 0 Å². The lowest BCUT2D eigenvalue weighted by Crippen LogP contribution is -2.45. The number of carbonyl (C=O) groups excluding carboxylic acids is 1. The van der Waals surface area contributed by atoms with E-state index in [0.29, 0.717) is 6.61 Å². The van der Waals surface area contributed by atoms with E-state index in [0.717, 1.165) is 25.5 Å². The predicted molar refractivity (Wildman–Crippen MR) is 65.7 cm³/mol. The van der Waals surface area contributed by atoms with Crippen LogP contribution < -0.4 is 5.32 Å². The van der Waals surface area contributed by atoms with Crippen molar-refractivity contribution < 1.29 is 9.53 Å². The lowest BCUT2D eigenvalue weighted by molar-refractivity contribution is -0.116. The topological polar surface area (TPSA) is 43.3 Å². The predicted octanol–water partition coefficient (Wildman–Crippen LogP) is 1.25. The minimum Gasteiger partial charge on any atom is -0.354 e. The van der Waals surface area contributed by atoms with Crippen LogP contribution in [-0.4, -0.2) is 29.2 Å². The number of aldehydes is 1. The number of nitrogens with zero attached hydrogens (tertiary/aromatic N) is 1. The molecule has 1 saturated heterocycles. The lowest BCUT2D eigenvalue weighted by atomic mass is 9.91. The highest BCUT2D eigenvalue weighted by molar-refractivity contribution is 5.56. The maximum absolute atomic E-state index is 10.7. The van der Waals surface area contributed by atoms with Crippen LogP contribution in [0, 0.1) is 0 Å². The van der Waals surface area contributed by atoms with Crippen molar-refractivity contribution in [1.29, 1.82) is 0 Å². The van der Waals surface area contributed by atoms with Gasteiger partial charge in [0, 0.05) is 24.5 Å². The monoisotopic (exact) mass is 236 g/mol. The molecule has 2 atom stereocenters. The summed E-state index contributed by atoms with van der Waals surface area (Å²) in [4.78, 5) is 10.7. The molecule has 0 aromatic carbocycles. The van der Waals surface area contributed by atoms with Gasteiger partial charge in [-0.1, -0.05) is 6.92 Å². The molecular weight excluding hydrogens is 216 g/mol. The fraction of sp³-hybridized carbons (Fsp3) is 0.615. The summed E-state index contributed by atoms with van der Waals surface area (Å²) in [6.45, 7) is 2.76. The van der Waals surface area contributed by atoms with E-state index in [1.165, 1.54) is 5.69 Å². The van der Waals surface area contributed by atoms with Crippen LogP contribution in [0.15, 0.2) is 18.3 Å². The summed E-state index contributed by atoms with van der Waals surface area (Å²) in [7, 11) is 2.06. The zero-order chi connectivity index (χ0) is 12.3. The number of nitrogens with one attached hydrogen (secondary N) is 1. The zero-order valence-electron chi connectivity index (χ0n) is 10.5. The van der Waals surface area contributed by atoms with Gasteiger partial charge in [0.05, 0.1) is 6.61 Å². The summed E-state index contributed by atoms with van der Waals surface area (Å²) in [5, 5.41) is 3.29. The Bertz CT molecular complexity index is 389. The van der Waals surface area contributed by atoms with Crippen LogP contribution in [0.3, 0.4) is 0 Å². The molecule has 0 aliphatic carbocycles. The van der Waals surface area contributed by atoms with E-state index < -0.39 is 6.23 Å². The largest absolute Gasteiger partial charge is 0.354 e. The molecular formula is C13H20N2O2. The molecule has 1 aromatic rings. The molecule has 1 aromatic heterocycles. The molecule has 0 radical (unpaired) electrons. The molecule has 1 unspecified atom stereocenters. The summed E-state index contributed by atoms with van der Waals surface area (Å²) in [6.07, 6.45) is 5.43. The number of rotatable bonds is 5. The van der Waals surface area contributed by atoms with E-state index in [1.54, 1.807) is 0 Å². The van der Waals surface area contributed by atoms with Gasteiger partial charge in [-0.15, -0.1) is 0 Å². The van der Waals surface area contributed by atoms with Gasteiger partial charge in [0.25, 0.3) is 0 Å². The SMILES string of the molecule is CC[C@@]1(CCc2cccn2C)COC(C=O)N1. The van der Waals surface area contributed by atoms with Crippen molar-refractivity contribution in [2.75, 3.05) is 6.61 Å². The maximum atomic E-state index is 10.7. The molecule has 1 aliphatic heterocycles. The Kier molecular flexibility index (Phi) is 3.64. The summed E-state index contributed by atoms with van der Waals surface area (Å²) < 4.78 is 7.56. The molecule has 4 heteroatoms. The standard InChI is InChI=1S/C13H20N2O2/c1-3-13(10-17-12(9-16)14-13)7-6-11-5-4-8-15(11)2/h4-5,8-9,12,14H,3,6-7,10H2,1-2H3/t12?,13-/m1/s1. The molecule has 0 saturated carbocycles. The van der Waals surface area contributed by atoms with E-state index in [9.17, 15) is 4.79 Å². The number of hydrogen-bond donors (Lipinski definition) is 1. The third kappa shape index (κ3) is 2.58. The number of aromatic nitrogens is 1. The third-order valence-corrected chi connectivity index (χ3v) is 3.70. The fourth-order valence-electron chi connectivity index (χ4n) is 2.36. The number of carbonyl (C=O) groups is 1. The van der Waals surface area contributed by atoms with Gasteiger partial charge in [0.1, 0.15) is 0 Å². The van der Waals surface area contributed by atoms with E-state index in [1.807, 2.05) is 0 Å². The molecule has 1 fully saturated rings. The molecule has 4 nitrogen and oxygen atoms in total. The van der Waals surface area contributed by atoms with Gasteiger partial charge in [-0.25, -0.2) is 0 Å². The van der Waals surface area contributed by atoms with Crippen molar-refractivity contribution in [3.8, 4) is 0 Å². The fourth-order valence-corrected chi connectivity index (χ4v) is 2.36. The Morgan fingerprint density at radius 1 is 1.71 bits per heavy atom. The smallest absolute Gasteiger partial charge is 0.165 e. The van der Waals surface area contributed by atoms with Crippen molar-refractivity contribution in [2.45, 2.75) is 38.0 Å². The molecule has 0 spiro atoms. The second-order valence-corrected chi connectivity index (χ2v) is 4.76. The van der Waals surface area contributed by atoms with Gasteiger partial charge < -0.3 is 9.30 Å². The van der Waals surface area contributed by atoms with Crippen molar-refractivity contribution in [1.82, 2.24) is 9.88 Å². The van der Waals surface area contributed by atoms with E-state index in [4.69, 9.17) is 4.74 Å². The van der Waals surface area contributed by atoms with Crippen molar-refractivity contribution in [2.24, 2.45) is 7.05 Å². The minimum absolute atomic E-state index is 0.0458. The minimum atomic E-state index is -0.427. The highest BCUT2D eigenvalue weighted by Crippen LogP contribution is 2.24. The van der Waals surface area contributed by atoms with Crippen LogP contribution in [0.5, 0.6) is 0 Å². The molecule has 17 heavy (non-hydrogen) atoms. The van der Waals surface area contributed by atoms with Crippen LogP contribution in [0.1, 0.15) is 25.5 Å². The first kappa shape index (κ1) is 12.3. The molecule has 2 heterocycles. The number of hydrogen-bond acceptors (Lipinski definition) is 3. The van der Waals surface area contributed by atoms with E-state index in [2.05, 4.69) is 42.2 Å². The second kappa shape index (κ2) is 5.02. The molecule has 1 aliphatic rings. The van der Waals surface area contributed by atoms with E-state index >= 15 is 0 Å². The van der Waals surface area contributed by atoms with Gasteiger partial charge in [-0.3, -0.25) is 10.1 Å². The normalized spacial score (nSPS) is 28.5. The van der Waals surface area contributed by atoms with Crippen LogP contribution in [0.25, 0.3) is 0 Å². The summed E-state index contributed by atoms with van der Waals surface area (Å²) >= 11 is 0. The third-order valence-electron chi connectivity index (χ3n) is 3.70. The molecule has 1 N–H and O–H groups in total. The van der Waals surface area contributed by atoms with Gasteiger partial charge in [0.15, 0.2) is 12.5 Å². The summed E-state index contributed by atoms with van der Waals surface area (Å²) in [6, 6.07) is 4.19. The first-order chi connectivity index (χ1) is 8.19. The van der Waals surface area contributed by atoms with Gasteiger partial charge in [0.2, 0.25) is 0 Å². The Hall–Kier alpha value is -1.13. The Balaban J connectivity index is 1.97. The van der Waals surface area contributed by atoms with Crippen LogP contribution in [0.4, 0.5) is 0 Å². The van der Waals surface area contributed by atoms with Gasteiger partial charge in [-0.05, 0) is 31.4 Å².